The second kappa shape index (κ2) is 22.1. The van der Waals surface area contributed by atoms with Gasteiger partial charge in [0.15, 0.2) is 5.71 Å². The van der Waals surface area contributed by atoms with E-state index in [4.69, 9.17) is 5.11 Å². The van der Waals surface area contributed by atoms with Gasteiger partial charge in [-0.3, -0.25) is 4.79 Å². The molecule has 1 aliphatic carbocycles. The van der Waals surface area contributed by atoms with Gasteiger partial charge in [-0.05, 0) is 97.9 Å². The van der Waals surface area contributed by atoms with Gasteiger partial charge in [-0.1, -0.05) is 177 Å². The number of likely N-dealkylation sites (N-methyl/N-ethyl adjacent to an activating group) is 1. The number of carboxylic acids is 1. The Balaban J connectivity index is 1.04. The minimum Gasteiger partial charge on any atom is -0.481 e. The van der Waals surface area contributed by atoms with Gasteiger partial charge in [0.05, 0.1) is 5.41 Å². The summed E-state index contributed by atoms with van der Waals surface area (Å²) in [6.45, 7) is 9.46. The smallest absolute Gasteiger partial charge is 0.303 e. The molecule has 0 aromatic heterocycles. The first-order valence-corrected chi connectivity index (χ1v) is 24.2. The highest BCUT2D eigenvalue weighted by molar-refractivity contribution is 6.03. The molecular formula is C57H77N2O2+. The molecule has 2 heterocycles. The van der Waals surface area contributed by atoms with Crippen LogP contribution in [0.5, 0.6) is 0 Å². The Bertz CT molecular complexity index is 2090. The van der Waals surface area contributed by atoms with E-state index in [0.29, 0.717) is 6.42 Å². The van der Waals surface area contributed by atoms with Gasteiger partial charge in [0, 0.05) is 48.0 Å². The number of allylic oxidation sites excluding steroid dienone is 8. The number of rotatable bonds is 23. The Labute approximate surface area is 370 Å². The summed E-state index contributed by atoms with van der Waals surface area (Å²) in [5.74, 6) is -0.660. The lowest BCUT2D eigenvalue weighted by Crippen LogP contribution is -2.26. The number of aliphatic carboxylic acids is 1. The second-order valence-corrected chi connectivity index (χ2v) is 19.4. The molecule has 0 amide bonds. The minimum atomic E-state index is -0.660. The van der Waals surface area contributed by atoms with E-state index in [9.17, 15) is 4.79 Å². The Morgan fingerprint density at radius 3 is 1.80 bits per heavy atom. The van der Waals surface area contributed by atoms with Gasteiger partial charge in [-0.25, -0.2) is 0 Å². The van der Waals surface area contributed by atoms with Crippen molar-refractivity contribution in [2.45, 2.75) is 173 Å². The van der Waals surface area contributed by atoms with E-state index in [1.54, 1.807) is 0 Å². The fourth-order valence-electron chi connectivity index (χ4n) is 10.5. The molecule has 3 aliphatic rings. The first-order valence-electron chi connectivity index (χ1n) is 24.2. The maximum atomic E-state index is 10.6. The Hall–Kier alpha value is -4.44. The predicted octanol–water partition coefficient (Wildman–Crippen LogP) is 15.4. The highest BCUT2D eigenvalue weighted by Crippen LogP contribution is 2.47. The van der Waals surface area contributed by atoms with Gasteiger partial charge in [0.2, 0.25) is 5.69 Å². The van der Waals surface area contributed by atoms with E-state index in [-0.39, 0.29) is 10.8 Å². The number of nitrogens with zero attached hydrogens (tertiary/aromatic N) is 2. The lowest BCUT2D eigenvalue weighted by Gasteiger charge is -2.25. The van der Waals surface area contributed by atoms with Gasteiger partial charge >= 0.3 is 5.97 Å². The molecule has 3 aromatic rings. The van der Waals surface area contributed by atoms with Crippen LogP contribution < -0.4 is 4.90 Å². The first kappa shape index (κ1) is 46.1. The molecule has 0 atom stereocenters. The van der Waals surface area contributed by atoms with Gasteiger partial charge < -0.3 is 10.0 Å². The Kier molecular flexibility index (Phi) is 16.7. The molecule has 0 fully saturated rings. The van der Waals surface area contributed by atoms with Crippen molar-refractivity contribution in [3.05, 3.63) is 136 Å². The lowest BCUT2D eigenvalue weighted by molar-refractivity contribution is -0.401. The van der Waals surface area contributed by atoms with E-state index >= 15 is 0 Å². The summed E-state index contributed by atoms with van der Waals surface area (Å²) in [6, 6.07) is 27.4. The predicted molar refractivity (Wildman–Crippen MR) is 261 cm³/mol. The summed E-state index contributed by atoms with van der Waals surface area (Å²) < 4.78 is 2.39. The summed E-state index contributed by atoms with van der Waals surface area (Å²) in [5.41, 5.74) is 15.1. The highest BCUT2D eigenvalue weighted by atomic mass is 16.4. The van der Waals surface area contributed by atoms with Crippen LogP contribution in [-0.2, 0) is 22.0 Å². The number of benzene rings is 3. The van der Waals surface area contributed by atoms with E-state index in [1.807, 2.05) is 0 Å². The van der Waals surface area contributed by atoms with Crippen LogP contribution in [0.4, 0.5) is 11.4 Å². The summed E-state index contributed by atoms with van der Waals surface area (Å²) in [5, 5.41) is 8.74. The third-order valence-electron chi connectivity index (χ3n) is 14.1. The maximum Gasteiger partial charge on any atom is 0.303 e. The Morgan fingerprint density at radius 2 is 1.21 bits per heavy atom. The molecule has 0 saturated carbocycles. The van der Waals surface area contributed by atoms with Crippen LogP contribution in [0.15, 0.2) is 114 Å². The molecule has 61 heavy (non-hydrogen) atoms. The van der Waals surface area contributed by atoms with Gasteiger partial charge in [-0.15, -0.1) is 0 Å². The van der Waals surface area contributed by atoms with Gasteiger partial charge in [0.1, 0.15) is 7.05 Å². The quantitative estimate of drug-likeness (QED) is 0.0765. The van der Waals surface area contributed by atoms with E-state index < -0.39 is 5.97 Å². The van der Waals surface area contributed by atoms with Crippen molar-refractivity contribution >= 4 is 28.6 Å². The molecule has 4 heteroatoms. The van der Waals surface area contributed by atoms with E-state index in [0.717, 1.165) is 38.5 Å². The molecule has 3 aromatic carbocycles. The number of hydrogen-bond acceptors (Lipinski definition) is 2. The summed E-state index contributed by atoms with van der Waals surface area (Å²) in [7, 11) is 4.45. The molecule has 0 saturated heterocycles. The molecule has 0 spiro atoms. The third-order valence-corrected chi connectivity index (χ3v) is 14.1. The van der Waals surface area contributed by atoms with Crippen LogP contribution in [0.3, 0.4) is 0 Å². The van der Waals surface area contributed by atoms with Crippen LogP contribution in [0.1, 0.15) is 178 Å². The molecule has 326 valence electrons. The number of carboxylic acid groups (broad SMARTS) is 1. The zero-order valence-corrected chi connectivity index (χ0v) is 38.8. The number of aryl methyl sites for hydroxylation is 1. The zero-order chi connectivity index (χ0) is 43.2. The number of unbranched alkanes of at least 4 members (excludes halogenated alkanes) is 15. The molecule has 0 radical (unpaired) electrons. The molecule has 6 rings (SSSR count). The highest BCUT2D eigenvalue weighted by Gasteiger charge is 2.42. The fraction of sp³-hybridized carbons (Fsp3) is 0.509. The molecule has 4 nitrogen and oxygen atoms in total. The second-order valence-electron chi connectivity index (χ2n) is 19.4. The average Bonchev–Trinajstić information content (AvgIpc) is 3.57. The number of hydrogen-bond donors (Lipinski definition) is 1. The Morgan fingerprint density at radius 1 is 0.656 bits per heavy atom. The molecule has 0 bridgehead atoms. The van der Waals surface area contributed by atoms with Gasteiger partial charge in [-0.2, -0.15) is 4.58 Å². The number of para-hydroxylation sites is 2. The minimum absolute atomic E-state index is 0.0509. The van der Waals surface area contributed by atoms with Crippen molar-refractivity contribution in [1.29, 1.82) is 0 Å². The topological polar surface area (TPSA) is 43.5 Å². The SMILES string of the molecule is CN1/C(=C/C=C2\CCCC(/C=C/C3=[N+](C)c4ccccc4C3(C)C)=C2c2ccc(CCCCCCCCCCCCCCCCCCC(=O)O)cc2)C(C)(C)c2ccccc21. The van der Waals surface area contributed by atoms with E-state index in [1.165, 1.54) is 152 Å². The summed E-state index contributed by atoms with van der Waals surface area (Å²) in [6.07, 6.45) is 35.1. The average molecular weight is 822 g/mol. The van der Waals surface area contributed by atoms with Crippen LogP contribution in [0, 0.1) is 0 Å². The maximum absolute atomic E-state index is 10.6. The monoisotopic (exact) mass is 822 g/mol. The molecule has 2 aliphatic heterocycles. The fourth-order valence-corrected chi connectivity index (χ4v) is 10.5. The molecule has 1 N–H and O–H groups in total. The van der Waals surface area contributed by atoms with Crippen LogP contribution in [-0.4, -0.2) is 35.5 Å². The van der Waals surface area contributed by atoms with Crippen molar-refractivity contribution in [3.63, 3.8) is 0 Å². The summed E-state index contributed by atoms with van der Waals surface area (Å²) in [4.78, 5) is 13.0. The number of anilines is 1. The normalized spacial score (nSPS) is 18.2. The zero-order valence-electron chi connectivity index (χ0n) is 38.8. The lowest BCUT2D eigenvalue weighted by atomic mass is 9.79. The van der Waals surface area contributed by atoms with Crippen LogP contribution >= 0.6 is 0 Å². The number of carbonyl (C=O) groups is 1. The van der Waals surface area contributed by atoms with Crippen LogP contribution in [0.2, 0.25) is 0 Å². The van der Waals surface area contributed by atoms with Crippen molar-refractivity contribution in [2.24, 2.45) is 0 Å². The van der Waals surface area contributed by atoms with Crippen LogP contribution in [0.25, 0.3) is 5.57 Å². The van der Waals surface area contributed by atoms with Crippen molar-refractivity contribution in [1.82, 2.24) is 0 Å². The molecule has 0 unspecified atom stereocenters. The van der Waals surface area contributed by atoms with Crippen molar-refractivity contribution in [2.75, 3.05) is 19.0 Å². The first-order chi connectivity index (χ1) is 29.5. The molecular weight excluding hydrogens is 745 g/mol. The van der Waals surface area contributed by atoms with Crippen molar-refractivity contribution < 1.29 is 14.5 Å². The van der Waals surface area contributed by atoms with E-state index in [2.05, 4.69) is 148 Å². The number of fused-ring (bicyclic) bond motifs is 2. The standard InChI is InChI=1S/C57H76N2O2/c1-56(2)48-31-23-25-33-50(48)58(5)52(56)42-40-45-29-27-30-46(41-43-53-57(3,4)49-32-24-26-34-51(49)59(53)6)55(45)47-38-36-44(37-39-47)28-21-19-17-15-13-11-9-7-8-10-12-14-16-18-20-22-35-54(60)61/h23-26,31-34,36-43H,7-22,27-30,35H2,1-6H3/p+1. The van der Waals surface area contributed by atoms with Gasteiger partial charge in [0.25, 0.3) is 0 Å². The van der Waals surface area contributed by atoms with Crippen molar-refractivity contribution in [3.8, 4) is 0 Å². The third kappa shape index (κ3) is 11.7. The largest absolute Gasteiger partial charge is 0.481 e. The summed E-state index contributed by atoms with van der Waals surface area (Å²) >= 11 is 0.